The number of aromatic nitrogens is 2. The number of hydrogen-bond donors (Lipinski definition) is 0. The number of nitrogens with zero attached hydrogens (tertiary/aromatic N) is 2. The summed E-state index contributed by atoms with van der Waals surface area (Å²) in [6.07, 6.45) is 3.69. The highest BCUT2D eigenvalue weighted by atomic mass is 79.9. The molecule has 0 atom stereocenters. The monoisotopic (exact) mass is 398 g/mol. The predicted molar refractivity (Wildman–Crippen MR) is 112 cm³/mol. The van der Waals surface area contributed by atoms with Crippen LogP contribution in [0.1, 0.15) is 0 Å². The predicted octanol–water partition coefficient (Wildman–Crippen LogP) is 6.61. The first-order chi connectivity index (χ1) is 12.8. The molecule has 0 aliphatic carbocycles. The van der Waals surface area contributed by atoms with E-state index in [1.165, 1.54) is 21.8 Å². The Kier molecular flexibility index (Phi) is 3.61. The zero-order valence-electron chi connectivity index (χ0n) is 13.9. The van der Waals surface area contributed by atoms with Crippen molar-refractivity contribution in [2.24, 2.45) is 0 Å². The number of benzene rings is 3. The van der Waals surface area contributed by atoms with E-state index in [0.717, 1.165) is 21.3 Å². The van der Waals surface area contributed by atoms with Crippen molar-refractivity contribution in [3.05, 3.63) is 95.7 Å². The van der Waals surface area contributed by atoms with Crippen LogP contribution in [0.4, 0.5) is 0 Å². The number of rotatable bonds is 2. The summed E-state index contributed by atoms with van der Waals surface area (Å²) in [7, 11) is 0. The molecule has 0 aliphatic heterocycles. The third-order valence-electron chi connectivity index (χ3n) is 4.74. The van der Waals surface area contributed by atoms with Crippen molar-refractivity contribution in [3.8, 4) is 16.8 Å². The Morgan fingerprint density at radius 1 is 0.654 bits per heavy atom. The summed E-state index contributed by atoms with van der Waals surface area (Å²) in [6.45, 7) is 0. The quantitative estimate of drug-likeness (QED) is 0.327. The Hall–Kier alpha value is -2.91. The lowest BCUT2D eigenvalue weighted by molar-refractivity contribution is 1.18. The maximum atomic E-state index is 4.26. The average Bonchev–Trinajstić information content (AvgIpc) is 3.03. The minimum atomic E-state index is 0.987. The van der Waals surface area contributed by atoms with E-state index in [1.54, 1.807) is 6.20 Å². The summed E-state index contributed by atoms with van der Waals surface area (Å²) in [5.41, 5.74) is 5.88. The van der Waals surface area contributed by atoms with E-state index in [4.69, 9.17) is 0 Å². The van der Waals surface area contributed by atoms with E-state index in [-0.39, 0.29) is 0 Å². The fourth-order valence-electron chi connectivity index (χ4n) is 3.57. The SMILES string of the molecule is Brc1cncc(-c2ccc(-n3c4ccccc4c4ccccc43)cc2)c1. The zero-order valence-corrected chi connectivity index (χ0v) is 15.5. The van der Waals surface area contributed by atoms with Crippen LogP contribution in [0.25, 0.3) is 38.6 Å². The zero-order chi connectivity index (χ0) is 17.5. The molecular formula is C23H15BrN2. The van der Waals surface area contributed by atoms with Gasteiger partial charge in [-0.3, -0.25) is 4.98 Å². The molecule has 0 saturated carbocycles. The van der Waals surface area contributed by atoms with Gasteiger partial charge in [0.05, 0.1) is 11.0 Å². The standard InChI is InChI=1S/C23H15BrN2/c24-18-13-17(14-25-15-18)16-9-11-19(12-10-16)26-22-7-3-1-5-20(22)21-6-2-4-8-23(21)26/h1-15H. The fourth-order valence-corrected chi connectivity index (χ4v) is 3.94. The normalized spacial score (nSPS) is 11.3. The molecular weight excluding hydrogens is 384 g/mol. The van der Waals surface area contributed by atoms with Gasteiger partial charge in [-0.25, -0.2) is 0 Å². The first-order valence-electron chi connectivity index (χ1n) is 8.51. The molecule has 0 unspecified atom stereocenters. The Balaban J connectivity index is 1.70. The van der Waals surface area contributed by atoms with Gasteiger partial charge in [0.2, 0.25) is 0 Å². The molecule has 3 heteroatoms. The Labute approximate surface area is 159 Å². The van der Waals surface area contributed by atoms with Crippen molar-refractivity contribution in [1.82, 2.24) is 9.55 Å². The van der Waals surface area contributed by atoms with Crippen LogP contribution in [0.2, 0.25) is 0 Å². The lowest BCUT2D eigenvalue weighted by atomic mass is 10.1. The van der Waals surface area contributed by atoms with E-state index in [0.29, 0.717) is 0 Å². The van der Waals surface area contributed by atoms with E-state index < -0.39 is 0 Å². The molecule has 0 radical (unpaired) electrons. The van der Waals surface area contributed by atoms with Gasteiger partial charge < -0.3 is 4.57 Å². The molecule has 2 heterocycles. The molecule has 0 saturated heterocycles. The van der Waals surface area contributed by atoms with Gasteiger partial charge in [-0.2, -0.15) is 0 Å². The van der Waals surface area contributed by atoms with Crippen LogP contribution in [0, 0.1) is 0 Å². The molecule has 26 heavy (non-hydrogen) atoms. The van der Waals surface area contributed by atoms with Crippen LogP contribution in [0.5, 0.6) is 0 Å². The molecule has 0 amide bonds. The highest BCUT2D eigenvalue weighted by Gasteiger charge is 2.11. The summed E-state index contributed by atoms with van der Waals surface area (Å²) < 4.78 is 3.31. The molecule has 124 valence electrons. The number of fused-ring (bicyclic) bond motifs is 3. The second-order valence-corrected chi connectivity index (χ2v) is 7.22. The topological polar surface area (TPSA) is 17.8 Å². The van der Waals surface area contributed by atoms with Gasteiger partial charge >= 0.3 is 0 Å². The van der Waals surface area contributed by atoms with Gasteiger partial charge in [-0.1, -0.05) is 48.5 Å². The van der Waals surface area contributed by atoms with E-state index in [1.807, 2.05) is 6.20 Å². The maximum absolute atomic E-state index is 4.26. The van der Waals surface area contributed by atoms with Crippen LogP contribution in [-0.2, 0) is 0 Å². The third-order valence-corrected chi connectivity index (χ3v) is 5.18. The molecule has 5 rings (SSSR count). The lowest BCUT2D eigenvalue weighted by Crippen LogP contribution is -1.93. The lowest BCUT2D eigenvalue weighted by Gasteiger charge is -2.09. The minimum absolute atomic E-state index is 0.987. The maximum Gasteiger partial charge on any atom is 0.0541 e. The summed E-state index contributed by atoms with van der Waals surface area (Å²) in [5, 5.41) is 2.56. The van der Waals surface area contributed by atoms with Crippen LogP contribution >= 0.6 is 15.9 Å². The number of hydrogen-bond acceptors (Lipinski definition) is 1. The van der Waals surface area contributed by atoms with Crippen LogP contribution in [0.15, 0.2) is 95.7 Å². The molecule has 5 aromatic rings. The fraction of sp³-hybridized carbons (Fsp3) is 0. The molecule has 0 aliphatic rings. The summed E-state index contributed by atoms with van der Waals surface area (Å²) >= 11 is 3.49. The van der Waals surface area contributed by atoms with Crippen LogP contribution in [0.3, 0.4) is 0 Å². The van der Waals surface area contributed by atoms with Gasteiger partial charge in [0, 0.05) is 38.9 Å². The molecule has 2 aromatic heterocycles. The van der Waals surface area contributed by atoms with Crippen molar-refractivity contribution in [3.63, 3.8) is 0 Å². The van der Waals surface area contributed by atoms with Gasteiger partial charge in [0.15, 0.2) is 0 Å². The second kappa shape index (κ2) is 6.11. The van der Waals surface area contributed by atoms with E-state index in [9.17, 15) is 0 Å². The van der Waals surface area contributed by atoms with Gasteiger partial charge in [0.1, 0.15) is 0 Å². The third kappa shape index (κ3) is 2.44. The molecule has 0 fully saturated rings. The number of halogens is 1. The second-order valence-electron chi connectivity index (χ2n) is 6.31. The first kappa shape index (κ1) is 15.4. The largest absolute Gasteiger partial charge is 0.309 e. The van der Waals surface area contributed by atoms with Crippen molar-refractivity contribution < 1.29 is 0 Å². The molecule has 0 N–H and O–H groups in total. The smallest absolute Gasteiger partial charge is 0.0541 e. The van der Waals surface area contributed by atoms with Gasteiger partial charge in [-0.05, 0) is 51.8 Å². The summed E-state index contributed by atoms with van der Waals surface area (Å²) in [6, 6.07) is 27.9. The highest BCUT2D eigenvalue weighted by molar-refractivity contribution is 9.10. The highest BCUT2D eigenvalue weighted by Crippen LogP contribution is 2.32. The Morgan fingerprint density at radius 3 is 1.88 bits per heavy atom. The van der Waals surface area contributed by atoms with Crippen molar-refractivity contribution >= 4 is 37.7 Å². The molecule has 0 bridgehead atoms. The van der Waals surface area contributed by atoms with Crippen molar-refractivity contribution in [1.29, 1.82) is 0 Å². The van der Waals surface area contributed by atoms with E-state index in [2.05, 4.69) is 104 Å². The average molecular weight is 399 g/mol. The molecule has 0 spiro atoms. The van der Waals surface area contributed by atoms with Crippen LogP contribution in [-0.4, -0.2) is 9.55 Å². The van der Waals surface area contributed by atoms with Gasteiger partial charge in [0.25, 0.3) is 0 Å². The molecule has 2 nitrogen and oxygen atoms in total. The molecule has 3 aromatic carbocycles. The summed E-state index contributed by atoms with van der Waals surface area (Å²) in [5.74, 6) is 0. The number of para-hydroxylation sites is 2. The van der Waals surface area contributed by atoms with Crippen molar-refractivity contribution in [2.45, 2.75) is 0 Å². The first-order valence-corrected chi connectivity index (χ1v) is 9.30. The Morgan fingerprint density at radius 2 is 1.27 bits per heavy atom. The van der Waals surface area contributed by atoms with Crippen LogP contribution < -0.4 is 0 Å². The number of pyridine rings is 1. The Bertz CT molecular complexity index is 1180. The summed E-state index contributed by atoms with van der Waals surface area (Å²) in [4.78, 5) is 4.26. The van der Waals surface area contributed by atoms with E-state index >= 15 is 0 Å². The minimum Gasteiger partial charge on any atom is -0.309 e. The van der Waals surface area contributed by atoms with Gasteiger partial charge in [-0.15, -0.1) is 0 Å². The van der Waals surface area contributed by atoms with Crippen molar-refractivity contribution in [2.75, 3.05) is 0 Å².